The van der Waals surface area contributed by atoms with E-state index in [1.807, 2.05) is 78.9 Å². The van der Waals surface area contributed by atoms with Crippen LogP contribution in [0.25, 0.3) is 27.2 Å². The third-order valence-corrected chi connectivity index (χ3v) is 5.12. The number of aromatic hydroxyl groups is 1. The van der Waals surface area contributed by atoms with Gasteiger partial charge in [0.05, 0.1) is 11.4 Å². The largest absolute Gasteiger partial charge is 0.508 e. The highest BCUT2D eigenvalue weighted by molar-refractivity contribution is 5.85. The number of nitrogens with zero attached hydrogens (tertiary/aromatic N) is 2. The van der Waals surface area contributed by atoms with Crippen molar-refractivity contribution < 1.29 is 5.11 Å². The first-order valence-corrected chi connectivity index (χ1v) is 9.67. The summed E-state index contributed by atoms with van der Waals surface area (Å²) in [5.74, 6) is 0.172. The van der Waals surface area contributed by atoms with E-state index in [1.54, 1.807) is 28.8 Å². The van der Waals surface area contributed by atoms with Crippen molar-refractivity contribution in [1.29, 1.82) is 0 Å². The summed E-state index contributed by atoms with van der Waals surface area (Å²) in [5.41, 5.74) is 1.77. The van der Waals surface area contributed by atoms with Gasteiger partial charge in [-0.1, -0.05) is 54.6 Å². The molecule has 0 spiro atoms. The maximum absolute atomic E-state index is 13.6. The molecule has 4 aromatic carbocycles. The second-order valence-corrected chi connectivity index (χ2v) is 7.08. The van der Waals surface area contributed by atoms with E-state index in [0.717, 1.165) is 21.8 Å². The fourth-order valence-corrected chi connectivity index (χ4v) is 3.61. The second kappa shape index (κ2) is 7.33. The van der Waals surface area contributed by atoms with E-state index in [9.17, 15) is 9.90 Å². The lowest BCUT2D eigenvalue weighted by Crippen LogP contribution is -2.28. The predicted molar refractivity (Wildman–Crippen MR) is 120 cm³/mol. The topological polar surface area (TPSA) is 54.6 Å². The van der Waals surface area contributed by atoms with Crippen LogP contribution >= 0.6 is 0 Å². The van der Waals surface area contributed by atoms with Crippen molar-refractivity contribution in [3.05, 3.63) is 119 Å². The molecule has 1 N–H and O–H groups in total. The van der Waals surface area contributed by atoms with Crippen molar-refractivity contribution >= 4 is 27.2 Å². The maximum Gasteiger partial charge on any atom is 0.264 e. The summed E-state index contributed by atoms with van der Waals surface area (Å²) < 4.78 is 1.64. The lowest BCUT2D eigenvalue weighted by molar-refractivity contribution is 0.475. The molecule has 0 aliphatic carbocycles. The van der Waals surface area contributed by atoms with E-state index in [4.69, 9.17) is 4.99 Å². The fraction of sp³-hybridized carbons (Fsp3) is 0. The Bertz CT molecular complexity index is 1520. The number of fused-ring (bicyclic) bond motifs is 2. The summed E-state index contributed by atoms with van der Waals surface area (Å²) >= 11 is 0. The monoisotopic (exact) mass is 390 g/mol. The van der Waals surface area contributed by atoms with Crippen LogP contribution in [0.3, 0.4) is 0 Å². The van der Waals surface area contributed by atoms with Gasteiger partial charge in [0.2, 0.25) is 0 Å². The smallest absolute Gasteiger partial charge is 0.264 e. The molecule has 30 heavy (non-hydrogen) atoms. The third kappa shape index (κ3) is 3.25. The summed E-state index contributed by atoms with van der Waals surface area (Å²) in [6, 6.07) is 31.9. The lowest BCUT2D eigenvalue weighted by Gasteiger charge is -2.07. The molecule has 0 saturated carbocycles. The van der Waals surface area contributed by atoms with Crippen molar-refractivity contribution in [1.82, 2.24) is 4.57 Å². The maximum atomic E-state index is 13.6. The molecule has 1 heterocycles. The molecule has 0 aliphatic rings. The number of rotatable bonds is 2. The Morgan fingerprint density at radius 1 is 0.667 bits per heavy atom. The Balaban J connectivity index is 1.89. The zero-order chi connectivity index (χ0) is 20.5. The van der Waals surface area contributed by atoms with Crippen LogP contribution < -0.4 is 11.0 Å². The number of phenolic OH excluding ortho intramolecular Hbond substituents is 1. The quantitative estimate of drug-likeness (QED) is 0.457. The summed E-state index contributed by atoms with van der Waals surface area (Å²) in [6.45, 7) is 0. The van der Waals surface area contributed by atoms with E-state index in [0.29, 0.717) is 16.6 Å². The van der Waals surface area contributed by atoms with Gasteiger partial charge in [-0.05, 0) is 64.7 Å². The average Bonchev–Trinajstić information content (AvgIpc) is 2.92. The highest BCUT2D eigenvalue weighted by atomic mass is 16.3. The van der Waals surface area contributed by atoms with Crippen LogP contribution in [0.4, 0.5) is 5.69 Å². The molecule has 5 aromatic rings. The second-order valence-electron chi connectivity index (χ2n) is 7.08. The zero-order valence-corrected chi connectivity index (χ0v) is 16.1. The molecule has 4 nitrogen and oxygen atoms in total. The van der Waals surface area contributed by atoms with Crippen LogP contribution in [0.5, 0.6) is 5.75 Å². The summed E-state index contributed by atoms with van der Waals surface area (Å²) in [4.78, 5) is 18.3. The van der Waals surface area contributed by atoms with E-state index in [1.165, 1.54) is 0 Å². The standard InChI is InChI=1S/C26H18N2O2/c29-23-14-11-21(12-15-23)27-25-16-10-19-6-3-4-8-24(19)26(30)28(25)22-13-9-18-5-1-2-7-20(18)17-22/h1-17,29H. The number of aromatic nitrogens is 1. The van der Waals surface area contributed by atoms with Gasteiger partial charge in [0.25, 0.3) is 5.56 Å². The molecule has 0 radical (unpaired) electrons. The van der Waals surface area contributed by atoms with E-state index >= 15 is 0 Å². The molecule has 0 bridgehead atoms. The van der Waals surface area contributed by atoms with Gasteiger partial charge >= 0.3 is 0 Å². The molecule has 0 saturated heterocycles. The highest BCUT2D eigenvalue weighted by Crippen LogP contribution is 2.19. The fourth-order valence-electron chi connectivity index (χ4n) is 3.61. The Kier molecular flexibility index (Phi) is 4.37. The van der Waals surface area contributed by atoms with Crippen molar-refractivity contribution in [3.8, 4) is 11.4 Å². The van der Waals surface area contributed by atoms with Crippen LogP contribution in [0, 0.1) is 0 Å². The first-order valence-electron chi connectivity index (χ1n) is 9.67. The molecule has 5 rings (SSSR count). The van der Waals surface area contributed by atoms with Gasteiger partial charge in [-0.25, -0.2) is 4.99 Å². The number of benzene rings is 4. The molecule has 4 heteroatoms. The Morgan fingerprint density at radius 3 is 2.13 bits per heavy atom. The SMILES string of the molecule is O=c1c2ccccc2ccc(=Nc2ccc(O)cc2)n1-c1ccc2ccccc2c1. The van der Waals surface area contributed by atoms with Crippen LogP contribution in [0.2, 0.25) is 0 Å². The third-order valence-electron chi connectivity index (χ3n) is 5.12. The Morgan fingerprint density at radius 2 is 1.33 bits per heavy atom. The minimum absolute atomic E-state index is 0.136. The minimum Gasteiger partial charge on any atom is -0.508 e. The minimum atomic E-state index is -0.136. The van der Waals surface area contributed by atoms with Crippen molar-refractivity contribution in [2.75, 3.05) is 0 Å². The first-order chi connectivity index (χ1) is 14.7. The Hall–Kier alpha value is -4.18. The number of hydrogen-bond donors (Lipinski definition) is 1. The van der Waals surface area contributed by atoms with Crippen LogP contribution in [-0.2, 0) is 0 Å². The van der Waals surface area contributed by atoms with Gasteiger partial charge in [0.15, 0.2) is 0 Å². The number of phenols is 1. The summed E-state index contributed by atoms with van der Waals surface area (Å²) in [7, 11) is 0. The van der Waals surface area contributed by atoms with E-state index in [2.05, 4.69) is 0 Å². The zero-order valence-electron chi connectivity index (χ0n) is 16.1. The van der Waals surface area contributed by atoms with E-state index in [-0.39, 0.29) is 11.3 Å². The molecule has 0 fully saturated rings. The number of hydrogen-bond acceptors (Lipinski definition) is 3. The molecular formula is C26H18N2O2. The summed E-state index contributed by atoms with van der Waals surface area (Å²) in [5, 5.41) is 13.2. The van der Waals surface area contributed by atoms with Gasteiger partial charge in [0, 0.05) is 5.39 Å². The van der Waals surface area contributed by atoms with Gasteiger partial charge in [-0.3, -0.25) is 9.36 Å². The van der Waals surface area contributed by atoms with E-state index < -0.39 is 0 Å². The van der Waals surface area contributed by atoms with Crippen molar-refractivity contribution in [2.45, 2.75) is 0 Å². The average molecular weight is 390 g/mol. The van der Waals surface area contributed by atoms with Gasteiger partial charge < -0.3 is 5.11 Å². The van der Waals surface area contributed by atoms with Crippen LogP contribution in [0.15, 0.2) is 113 Å². The molecule has 0 atom stereocenters. The molecule has 144 valence electrons. The predicted octanol–water partition coefficient (Wildman–Crippen LogP) is 5.08. The summed E-state index contributed by atoms with van der Waals surface area (Å²) in [6.07, 6.45) is 0. The van der Waals surface area contributed by atoms with Crippen LogP contribution in [0.1, 0.15) is 0 Å². The molecular weight excluding hydrogens is 372 g/mol. The van der Waals surface area contributed by atoms with Gasteiger partial charge in [-0.2, -0.15) is 0 Å². The first kappa shape index (κ1) is 17.9. The Labute approximate surface area is 172 Å². The molecule has 0 unspecified atom stereocenters. The van der Waals surface area contributed by atoms with Crippen molar-refractivity contribution in [3.63, 3.8) is 0 Å². The van der Waals surface area contributed by atoms with Gasteiger partial charge in [-0.15, -0.1) is 0 Å². The normalized spacial score (nSPS) is 11.8. The molecule has 0 aliphatic heterocycles. The molecule has 1 aromatic heterocycles. The lowest BCUT2D eigenvalue weighted by atomic mass is 10.1. The van der Waals surface area contributed by atoms with Crippen LogP contribution in [-0.4, -0.2) is 9.67 Å². The van der Waals surface area contributed by atoms with Gasteiger partial charge in [0.1, 0.15) is 11.2 Å². The van der Waals surface area contributed by atoms with Crippen molar-refractivity contribution in [2.24, 2.45) is 4.99 Å². The molecule has 0 amide bonds. The highest BCUT2D eigenvalue weighted by Gasteiger charge is 2.07.